The molecular formula is C18H21F3N4O2S. The van der Waals surface area contributed by atoms with Gasteiger partial charge in [0.2, 0.25) is 0 Å². The molecule has 1 unspecified atom stereocenters. The van der Waals surface area contributed by atoms with Gasteiger partial charge in [-0.1, -0.05) is 13.8 Å². The molecule has 6 nitrogen and oxygen atoms in total. The van der Waals surface area contributed by atoms with E-state index in [4.69, 9.17) is 9.90 Å². The van der Waals surface area contributed by atoms with Crippen LogP contribution in [0.25, 0.3) is 10.2 Å². The van der Waals surface area contributed by atoms with Crippen LogP contribution in [0.3, 0.4) is 0 Å². The zero-order chi connectivity index (χ0) is 20.9. The maximum absolute atomic E-state index is 10.6. The van der Waals surface area contributed by atoms with Crippen molar-refractivity contribution in [3.63, 3.8) is 0 Å². The fraction of sp³-hybridized carbons (Fsp3) is 0.389. The van der Waals surface area contributed by atoms with Crippen molar-refractivity contribution >= 4 is 27.5 Å². The number of hydrogen-bond acceptors (Lipinski definition) is 5. The highest BCUT2D eigenvalue weighted by molar-refractivity contribution is 7.17. The van der Waals surface area contributed by atoms with E-state index in [9.17, 15) is 13.2 Å². The van der Waals surface area contributed by atoms with Crippen LogP contribution in [0.15, 0.2) is 36.1 Å². The molecule has 0 aliphatic rings. The number of nitrogens with one attached hydrogen (secondary N) is 1. The molecule has 0 bridgehead atoms. The first-order valence-corrected chi connectivity index (χ1v) is 9.30. The maximum atomic E-state index is 10.6. The van der Waals surface area contributed by atoms with Gasteiger partial charge in [0.1, 0.15) is 0 Å². The number of alkyl halides is 3. The normalized spacial score (nSPS) is 12.7. The van der Waals surface area contributed by atoms with E-state index in [1.165, 1.54) is 15.8 Å². The molecule has 2 N–H and O–H groups in total. The number of thiophene rings is 1. The Labute approximate surface area is 164 Å². The predicted molar refractivity (Wildman–Crippen MR) is 101 cm³/mol. The molecule has 152 valence electrons. The number of pyridine rings is 1. The molecule has 28 heavy (non-hydrogen) atoms. The number of aromatic nitrogens is 3. The third kappa shape index (κ3) is 6.03. The van der Waals surface area contributed by atoms with Gasteiger partial charge in [0.25, 0.3) is 0 Å². The van der Waals surface area contributed by atoms with Crippen LogP contribution >= 0.6 is 11.3 Å². The standard InChI is InChI=1S/C16H20N4S.C2HF3O2/c1-11(2)16(13-9-19-20(3)10-13)18-8-12-6-15-14(17-7-12)4-5-21-15;3-2(4,5)1(6)7/h4-7,9-11,16,18H,8H2,1-3H3;(H,6,7). The van der Waals surface area contributed by atoms with Crippen molar-refractivity contribution in [1.82, 2.24) is 20.1 Å². The molecule has 0 fully saturated rings. The van der Waals surface area contributed by atoms with E-state index in [2.05, 4.69) is 53.0 Å². The molecule has 0 aromatic carbocycles. The average Bonchev–Trinajstić information content (AvgIpc) is 3.23. The van der Waals surface area contributed by atoms with Gasteiger partial charge in [-0.15, -0.1) is 11.3 Å². The van der Waals surface area contributed by atoms with Crippen molar-refractivity contribution in [3.05, 3.63) is 47.2 Å². The highest BCUT2D eigenvalue weighted by Crippen LogP contribution is 2.23. The quantitative estimate of drug-likeness (QED) is 0.656. The highest BCUT2D eigenvalue weighted by Gasteiger charge is 2.38. The molecule has 0 aliphatic heterocycles. The Morgan fingerprint density at radius 3 is 2.57 bits per heavy atom. The van der Waals surface area contributed by atoms with Crippen molar-refractivity contribution in [2.24, 2.45) is 13.0 Å². The second-order valence-corrected chi connectivity index (χ2v) is 7.45. The Kier molecular flexibility index (Phi) is 7.14. The van der Waals surface area contributed by atoms with Gasteiger partial charge in [0, 0.05) is 37.6 Å². The van der Waals surface area contributed by atoms with E-state index in [0.29, 0.717) is 12.0 Å². The Morgan fingerprint density at radius 1 is 1.36 bits per heavy atom. The number of carboxylic acid groups (broad SMARTS) is 1. The monoisotopic (exact) mass is 414 g/mol. The SMILES string of the molecule is CC(C)C(NCc1cnc2ccsc2c1)c1cnn(C)c1.O=C(O)C(F)(F)F. The second-order valence-electron chi connectivity index (χ2n) is 6.50. The second kappa shape index (κ2) is 9.16. The number of halogens is 3. The van der Waals surface area contributed by atoms with E-state index < -0.39 is 12.1 Å². The first-order valence-electron chi connectivity index (χ1n) is 8.42. The van der Waals surface area contributed by atoms with E-state index >= 15 is 0 Å². The van der Waals surface area contributed by atoms with Gasteiger partial charge >= 0.3 is 12.1 Å². The summed E-state index contributed by atoms with van der Waals surface area (Å²) >= 11 is 1.74. The summed E-state index contributed by atoms with van der Waals surface area (Å²) in [6, 6.07) is 4.59. The van der Waals surface area contributed by atoms with Crippen LogP contribution in [0.1, 0.15) is 31.0 Å². The van der Waals surface area contributed by atoms with Gasteiger partial charge in [-0.25, -0.2) is 4.79 Å². The van der Waals surface area contributed by atoms with Crippen molar-refractivity contribution in [3.8, 4) is 0 Å². The van der Waals surface area contributed by atoms with Crippen molar-refractivity contribution in [1.29, 1.82) is 0 Å². The van der Waals surface area contributed by atoms with Gasteiger partial charge in [-0.05, 0) is 29.0 Å². The third-order valence-corrected chi connectivity index (χ3v) is 4.73. The molecule has 1 atom stereocenters. The summed E-state index contributed by atoms with van der Waals surface area (Å²) in [6.07, 6.45) is 0.902. The van der Waals surface area contributed by atoms with Crippen LogP contribution in [-0.2, 0) is 18.4 Å². The zero-order valence-corrected chi connectivity index (χ0v) is 16.4. The lowest BCUT2D eigenvalue weighted by atomic mass is 9.98. The Balaban J connectivity index is 0.000000345. The smallest absolute Gasteiger partial charge is 0.475 e. The minimum atomic E-state index is -5.08. The minimum Gasteiger partial charge on any atom is -0.475 e. The van der Waals surface area contributed by atoms with Crippen LogP contribution in [-0.4, -0.2) is 32.0 Å². The fourth-order valence-electron chi connectivity index (χ4n) is 2.55. The predicted octanol–water partition coefficient (Wildman–Crippen LogP) is 4.15. The molecular weight excluding hydrogens is 393 g/mol. The first kappa shape index (κ1) is 21.8. The lowest BCUT2D eigenvalue weighted by molar-refractivity contribution is -0.192. The minimum absolute atomic E-state index is 0.303. The topological polar surface area (TPSA) is 80.0 Å². The summed E-state index contributed by atoms with van der Waals surface area (Å²) < 4.78 is 34.8. The van der Waals surface area contributed by atoms with E-state index in [-0.39, 0.29) is 0 Å². The Hall–Kier alpha value is -2.46. The van der Waals surface area contributed by atoms with Gasteiger partial charge in [0.15, 0.2) is 0 Å². The Bertz CT molecular complexity index is 921. The fourth-order valence-corrected chi connectivity index (χ4v) is 3.36. The Morgan fingerprint density at radius 2 is 2.04 bits per heavy atom. The van der Waals surface area contributed by atoms with Crippen LogP contribution in [0, 0.1) is 5.92 Å². The van der Waals surface area contributed by atoms with Crippen molar-refractivity contribution in [2.75, 3.05) is 0 Å². The first-order chi connectivity index (χ1) is 13.1. The van der Waals surface area contributed by atoms with Crippen LogP contribution in [0.4, 0.5) is 13.2 Å². The largest absolute Gasteiger partial charge is 0.490 e. The number of nitrogens with zero attached hydrogens (tertiary/aromatic N) is 3. The number of hydrogen-bond donors (Lipinski definition) is 2. The average molecular weight is 414 g/mol. The third-order valence-electron chi connectivity index (χ3n) is 3.88. The van der Waals surface area contributed by atoms with Gasteiger partial charge in [-0.2, -0.15) is 18.3 Å². The summed E-state index contributed by atoms with van der Waals surface area (Å²) in [6.45, 7) is 5.27. The number of carboxylic acids is 1. The van der Waals surface area contributed by atoms with Crippen LogP contribution in [0.5, 0.6) is 0 Å². The van der Waals surface area contributed by atoms with E-state index in [1.54, 1.807) is 11.3 Å². The summed E-state index contributed by atoms with van der Waals surface area (Å²) in [4.78, 5) is 13.4. The summed E-state index contributed by atoms with van der Waals surface area (Å²) in [5.41, 5.74) is 3.54. The molecule has 0 saturated heterocycles. The summed E-state index contributed by atoms with van der Waals surface area (Å²) in [5, 5.41) is 17.1. The number of aliphatic carboxylic acids is 1. The van der Waals surface area contributed by atoms with Crippen LogP contribution < -0.4 is 5.32 Å². The van der Waals surface area contributed by atoms with E-state index in [0.717, 1.165) is 12.1 Å². The number of aryl methyl sites for hydroxylation is 1. The molecule has 0 saturated carbocycles. The lowest BCUT2D eigenvalue weighted by Gasteiger charge is -2.21. The van der Waals surface area contributed by atoms with Gasteiger partial charge in [0.05, 0.1) is 16.4 Å². The number of carbonyl (C=O) groups is 1. The molecule has 0 amide bonds. The van der Waals surface area contributed by atoms with Gasteiger partial charge < -0.3 is 10.4 Å². The molecule has 0 spiro atoms. The lowest BCUT2D eigenvalue weighted by Crippen LogP contribution is -2.25. The van der Waals surface area contributed by atoms with Crippen molar-refractivity contribution < 1.29 is 23.1 Å². The summed E-state index contributed by atoms with van der Waals surface area (Å²) in [7, 11) is 1.95. The number of fused-ring (bicyclic) bond motifs is 1. The number of rotatable bonds is 5. The molecule has 0 radical (unpaired) electrons. The van der Waals surface area contributed by atoms with Crippen LogP contribution in [0.2, 0.25) is 0 Å². The molecule has 3 rings (SSSR count). The maximum Gasteiger partial charge on any atom is 0.490 e. The highest BCUT2D eigenvalue weighted by atomic mass is 32.1. The molecule has 3 aromatic heterocycles. The van der Waals surface area contributed by atoms with Crippen molar-refractivity contribution in [2.45, 2.75) is 32.6 Å². The molecule has 3 heterocycles. The molecule has 10 heteroatoms. The summed E-state index contributed by atoms with van der Waals surface area (Å²) in [5.74, 6) is -2.25. The molecule has 0 aliphatic carbocycles. The van der Waals surface area contributed by atoms with Gasteiger partial charge in [-0.3, -0.25) is 9.67 Å². The molecule has 3 aromatic rings. The zero-order valence-electron chi connectivity index (χ0n) is 15.6. The van der Waals surface area contributed by atoms with E-state index in [1.807, 2.05) is 24.1 Å².